The summed E-state index contributed by atoms with van der Waals surface area (Å²) in [6.07, 6.45) is 0. The largest absolute Gasteiger partial charge is 0.486 e. The Morgan fingerprint density at radius 2 is 1.64 bits per heavy atom. The molecule has 7 nitrogen and oxygen atoms in total. The topological polar surface area (TPSA) is 81.1 Å². The van der Waals surface area contributed by atoms with Gasteiger partial charge >= 0.3 is 0 Å². The number of hydrogen-bond acceptors (Lipinski definition) is 4. The van der Waals surface area contributed by atoms with Gasteiger partial charge in [0.2, 0.25) is 0 Å². The van der Waals surface area contributed by atoms with Gasteiger partial charge in [-0.05, 0) is 38.5 Å². The first-order valence-electron chi connectivity index (χ1n) is 8.64. The number of likely N-dealkylation sites (N-methyl/N-ethyl adjacent to an activating group) is 1. The Labute approximate surface area is 148 Å². The molecule has 138 valence electrons. The molecule has 1 heterocycles. The van der Waals surface area contributed by atoms with Gasteiger partial charge in [-0.1, -0.05) is 6.07 Å². The fraction of sp³-hybridized carbons (Fsp3) is 0.556. The highest BCUT2D eigenvalue weighted by atomic mass is 16.6. The fourth-order valence-electron chi connectivity index (χ4n) is 2.69. The number of quaternary nitrogens is 1. The summed E-state index contributed by atoms with van der Waals surface area (Å²) in [6, 6.07) is 5.63. The van der Waals surface area contributed by atoms with Gasteiger partial charge in [0.05, 0.1) is 13.1 Å². The molecule has 3 N–H and O–H groups in total. The van der Waals surface area contributed by atoms with Gasteiger partial charge in [0, 0.05) is 6.04 Å². The van der Waals surface area contributed by atoms with Crippen molar-refractivity contribution in [3.8, 4) is 11.5 Å². The van der Waals surface area contributed by atoms with Crippen LogP contribution in [0.15, 0.2) is 18.2 Å². The molecule has 7 heteroatoms. The quantitative estimate of drug-likeness (QED) is 0.629. The molecule has 1 unspecified atom stereocenters. The van der Waals surface area contributed by atoms with Crippen molar-refractivity contribution in [2.24, 2.45) is 0 Å². The molecule has 0 fully saturated rings. The Balaban J connectivity index is 1.84. The lowest BCUT2D eigenvalue weighted by Gasteiger charge is -2.21. The summed E-state index contributed by atoms with van der Waals surface area (Å²) in [5, 5.41) is 5.79. The lowest BCUT2D eigenvalue weighted by molar-refractivity contribution is -0.862. The highest BCUT2D eigenvalue weighted by molar-refractivity contribution is 5.79. The molecule has 0 spiro atoms. The van der Waals surface area contributed by atoms with Gasteiger partial charge in [0.15, 0.2) is 24.6 Å². The molecule has 2 amide bonds. The van der Waals surface area contributed by atoms with Crippen LogP contribution in [0.1, 0.15) is 32.4 Å². The van der Waals surface area contributed by atoms with E-state index in [0.717, 1.165) is 16.2 Å². The van der Waals surface area contributed by atoms with Crippen LogP contribution >= 0.6 is 0 Å². The molecule has 0 radical (unpaired) electrons. The third-order valence-corrected chi connectivity index (χ3v) is 3.82. The van der Waals surface area contributed by atoms with Crippen molar-refractivity contribution < 1.29 is 24.0 Å². The normalized spacial score (nSPS) is 15.4. The molecule has 1 aliphatic rings. The SMILES string of the molecule is CC(C)NC(=O)C[NH+](C)CC(=O)N[C@H](C)c1ccc2c(c1)OCCO2. The van der Waals surface area contributed by atoms with Crippen LogP contribution in [0.25, 0.3) is 0 Å². The summed E-state index contributed by atoms with van der Waals surface area (Å²) in [4.78, 5) is 24.8. The molecule has 1 aliphatic heterocycles. The fourth-order valence-corrected chi connectivity index (χ4v) is 2.69. The van der Waals surface area contributed by atoms with Crippen LogP contribution < -0.4 is 25.0 Å². The predicted molar refractivity (Wildman–Crippen MR) is 93.9 cm³/mol. The second-order valence-electron chi connectivity index (χ2n) is 6.73. The van der Waals surface area contributed by atoms with Crippen LogP contribution in [0.2, 0.25) is 0 Å². The van der Waals surface area contributed by atoms with Gasteiger partial charge in [-0.3, -0.25) is 9.59 Å². The Morgan fingerprint density at radius 3 is 2.28 bits per heavy atom. The maximum Gasteiger partial charge on any atom is 0.275 e. The Hall–Kier alpha value is -2.28. The van der Waals surface area contributed by atoms with Crippen molar-refractivity contribution in [3.05, 3.63) is 23.8 Å². The summed E-state index contributed by atoms with van der Waals surface area (Å²) in [6.45, 7) is 7.33. The van der Waals surface area contributed by atoms with Gasteiger partial charge in [0.25, 0.3) is 11.8 Å². The number of fused-ring (bicyclic) bond motifs is 1. The van der Waals surface area contributed by atoms with E-state index >= 15 is 0 Å². The van der Waals surface area contributed by atoms with E-state index in [1.807, 2.05) is 46.0 Å². The molecule has 1 aromatic rings. The second-order valence-corrected chi connectivity index (χ2v) is 6.73. The van der Waals surface area contributed by atoms with Crippen molar-refractivity contribution in [3.63, 3.8) is 0 Å². The molecule has 0 saturated heterocycles. The van der Waals surface area contributed by atoms with Crippen LogP contribution in [0, 0.1) is 0 Å². The number of nitrogens with one attached hydrogen (secondary N) is 3. The summed E-state index contributed by atoms with van der Waals surface area (Å²) in [7, 11) is 1.83. The third-order valence-electron chi connectivity index (χ3n) is 3.82. The zero-order chi connectivity index (χ0) is 18.4. The highest BCUT2D eigenvalue weighted by Crippen LogP contribution is 2.32. The van der Waals surface area contributed by atoms with Crippen LogP contribution in [0.5, 0.6) is 11.5 Å². The molecule has 0 bridgehead atoms. The molecule has 1 aromatic carbocycles. The summed E-state index contributed by atoms with van der Waals surface area (Å²) < 4.78 is 11.1. The van der Waals surface area contributed by atoms with Gasteiger partial charge in [-0.15, -0.1) is 0 Å². The van der Waals surface area contributed by atoms with E-state index in [9.17, 15) is 9.59 Å². The number of hydrogen-bond donors (Lipinski definition) is 3. The zero-order valence-corrected chi connectivity index (χ0v) is 15.3. The van der Waals surface area contributed by atoms with Crippen molar-refractivity contribution in [1.82, 2.24) is 10.6 Å². The van der Waals surface area contributed by atoms with E-state index in [1.54, 1.807) is 0 Å². The summed E-state index contributed by atoms with van der Waals surface area (Å²) in [5.74, 6) is 1.28. The van der Waals surface area contributed by atoms with Crippen molar-refractivity contribution in [2.45, 2.75) is 32.9 Å². The minimum Gasteiger partial charge on any atom is -0.486 e. The number of carbonyl (C=O) groups excluding carboxylic acids is 2. The molecule has 0 aliphatic carbocycles. The maximum absolute atomic E-state index is 12.2. The smallest absolute Gasteiger partial charge is 0.275 e. The van der Waals surface area contributed by atoms with E-state index < -0.39 is 0 Å². The number of amides is 2. The lowest BCUT2D eigenvalue weighted by atomic mass is 10.1. The Bertz CT molecular complexity index is 618. The van der Waals surface area contributed by atoms with Crippen molar-refractivity contribution >= 4 is 11.8 Å². The first-order valence-corrected chi connectivity index (χ1v) is 8.64. The van der Waals surface area contributed by atoms with E-state index in [-0.39, 0.29) is 37.0 Å². The van der Waals surface area contributed by atoms with Crippen molar-refractivity contribution in [1.29, 1.82) is 0 Å². The predicted octanol–water partition coefficient (Wildman–Crippen LogP) is -0.326. The minimum absolute atomic E-state index is 0.0554. The van der Waals surface area contributed by atoms with E-state index in [2.05, 4.69) is 10.6 Å². The first-order chi connectivity index (χ1) is 11.8. The zero-order valence-electron chi connectivity index (χ0n) is 15.3. The van der Waals surface area contributed by atoms with Gasteiger partial charge in [0.1, 0.15) is 13.2 Å². The van der Waals surface area contributed by atoms with Crippen LogP contribution in [0.3, 0.4) is 0 Å². The number of carbonyl (C=O) groups is 2. The molecular formula is C18H28N3O4+. The van der Waals surface area contributed by atoms with Crippen LogP contribution in [-0.4, -0.2) is 51.2 Å². The highest BCUT2D eigenvalue weighted by Gasteiger charge is 2.18. The van der Waals surface area contributed by atoms with E-state index in [4.69, 9.17) is 9.47 Å². The monoisotopic (exact) mass is 350 g/mol. The average molecular weight is 350 g/mol. The van der Waals surface area contributed by atoms with E-state index in [0.29, 0.717) is 19.0 Å². The Kier molecular flexibility index (Phi) is 6.64. The molecule has 0 aromatic heterocycles. The second kappa shape index (κ2) is 8.71. The maximum atomic E-state index is 12.2. The molecule has 0 saturated carbocycles. The summed E-state index contributed by atoms with van der Waals surface area (Å²) in [5.41, 5.74) is 0.952. The van der Waals surface area contributed by atoms with Gasteiger partial charge in [-0.25, -0.2) is 0 Å². The molecule has 2 atom stereocenters. The molecule has 2 rings (SSSR count). The van der Waals surface area contributed by atoms with Crippen LogP contribution in [0.4, 0.5) is 0 Å². The van der Waals surface area contributed by atoms with E-state index in [1.165, 1.54) is 0 Å². The molecular weight excluding hydrogens is 322 g/mol. The Morgan fingerprint density at radius 1 is 1.04 bits per heavy atom. The average Bonchev–Trinajstić information content (AvgIpc) is 2.52. The third kappa shape index (κ3) is 5.94. The van der Waals surface area contributed by atoms with Crippen molar-refractivity contribution in [2.75, 3.05) is 33.4 Å². The lowest BCUT2D eigenvalue weighted by Crippen LogP contribution is -3.11. The molecule has 25 heavy (non-hydrogen) atoms. The van der Waals surface area contributed by atoms with Crippen LogP contribution in [-0.2, 0) is 9.59 Å². The minimum atomic E-state index is -0.152. The standard InChI is InChI=1S/C18H27N3O4/c1-12(2)19-17(22)10-21(4)11-18(23)20-13(3)14-5-6-15-16(9-14)25-8-7-24-15/h5-6,9,12-13H,7-8,10-11H2,1-4H3,(H,19,22)(H,20,23)/p+1/t13-/m1/s1. The number of ether oxygens (including phenoxy) is 2. The number of rotatable bonds is 7. The summed E-state index contributed by atoms with van der Waals surface area (Å²) >= 11 is 0. The number of benzene rings is 1. The van der Waals surface area contributed by atoms with Gasteiger partial charge < -0.3 is 25.0 Å². The van der Waals surface area contributed by atoms with Gasteiger partial charge in [-0.2, -0.15) is 0 Å². The first kappa shape index (κ1) is 19.1.